The molecule has 0 saturated heterocycles. The quantitative estimate of drug-likeness (QED) is 0.589. The van der Waals surface area contributed by atoms with E-state index in [-0.39, 0.29) is 5.82 Å². The molecule has 1 atom stereocenters. The van der Waals surface area contributed by atoms with Crippen molar-refractivity contribution in [2.24, 2.45) is 0 Å². The van der Waals surface area contributed by atoms with E-state index in [2.05, 4.69) is 26.8 Å². The number of benzene rings is 2. The van der Waals surface area contributed by atoms with Gasteiger partial charge in [0, 0.05) is 11.1 Å². The van der Waals surface area contributed by atoms with Gasteiger partial charge in [-0.15, -0.1) is 0 Å². The first-order valence-electron chi connectivity index (χ1n) is 7.77. The summed E-state index contributed by atoms with van der Waals surface area (Å²) in [5.41, 5.74) is 5.55. The number of hydrogen-bond acceptors (Lipinski definition) is 1. The second-order valence-corrected chi connectivity index (χ2v) is 5.83. The van der Waals surface area contributed by atoms with E-state index < -0.39 is 0 Å². The molecule has 0 aliphatic rings. The molecule has 0 aliphatic carbocycles. The molecule has 0 amide bonds. The molecule has 3 aromatic rings. The van der Waals surface area contributed by atoms with E-state index in [9.17, 15) is 4.39 Å². The van der Waals surface area contributed by atoms with Gasteiger partial charge in [-0.1, -0.05) is 44.2 Å². The lowest BCUT2D eigenvalue weighted by Gasteiger charge is -2.18. The zero-order chi connectivity index (χ0) is 15.7. The van der Waals surface area contributed by atoms with Crippen molar-refractivity contribution in [3.63, 3.8) is 0 Å². The Bertz CT molecular complexity index is 806. The molecule has 0 saturated carbocycles. The summed E-state index contributed by atoms with van der Waals surface area (Å²) in [6.45, 7) is 6.51. The van der Waals surface area contributed by atoms with Crippen LogP contribution in [-0.4, -0.2) is 4.98 Å². The van der Waals surface area contributed by atoms with Crippen LogP contribution in [0.4, 0.5) is 4.39 Å². The van der Waals surface area contributed by atoms with Crippen LogP contribution < -0.4 is 0 Å². The van der Waals surface area contributed by atoms with E-state index in [4.69, 9.17) is 4.98 Å². The third-order valence-corrected chi connectivity index (χ3v) is 4.39. The predicted molar refractivity (Wildman–Crippen MR) is 90.6 cm³/mol. The van der Waals surface area contributed by atoms with Gasteiger partial charge in [0.15, 0.2) is 0 Å². The average Bonchev–Trinajstić information content (AvgIpc) is 2.55. The number of para-hydroxylation sites is 1. The van der Waals surface area contributed by atoms with Crippen molar-refractivity contribution in [3.8, 4) is 11.1 Å². The second kappa shape index (κ2) is 5.88. The Labute approximate surface area is 130 Å². The monoisotopic (exact) mass is 293 g/mol. The Kier molecular flexibility index (Phi) is 3.93. The molecule has 112 valence electrons. The standard InChI is InChI=1S/C20H20FN/c1-4-13(2)20-14(3)19(15-9-11-16(21)12-10-15)17-7-5-6-8-18(17)22-20/h5-13H,4H2,1-3H3. The van der Waals surface area contributed by atoms with E-state index in [1.165, 1.54) is 23.3 Å². The van der Waals surface area contributed by atoms with Crippen molar-refractivity contribution in [2.75, 3.05) is 0 Å². The molecule has 0 spiro atoms. The largest absolute Gasteiger partial charge is 0.252 e. The van der Waals surface area contributed by atoms with Gasteiger partial charge in [-0.2, -0.15) is 0 Å². The molecule has 3 rings (SSSR count). The molecule has 0 N–H and O–H groups in total. The molecule has 0 fully saturated rings. The smallest absolute Gasteiger partial charge is 0.123 e. The van der Waals surface area contributed by atoms with Crippen LogP contribution in [0.25, 0.3) is 22.0 Å². The highest BCUT2D eigenvalue weighted by Gasteiger charge is 2.16. The number of fused-ring (bicyclic) bond motifs is 1. The maximum atomic E-state index is 13.3. The summed E-state index contributed by atoms with van der Waals surface area (Å²) >= 11 is 0. The van der Waals surface area contributed by atoms with Crippen LogP contribution in [0.5, 0.6) is 0 Å². The molecule has 1 heterocycles. The molecular weight excluding hydrogens is 273 g/mol. The van der Waals surface area contributed by atoms with E-state index in [1.54, 1.807) is 0 Å². The van der Waals surface area contributed by atoms with Crippen LogP contribution in [0.1, 0.15) is 37.4 Å². The maximum Gasteiger partial charge on any atom is 0.123 e. The highest BCUT2D eigenvalue weighted by Crippen LogP contribution is 2.35. The third kappa shape index (κ3) is 2.50. The minimum atomic E-state index is -0.207. The number of pyridine rings is 1. The Morgan fingerprint density at radius 3 is 2.41 bits per heavy atom. The summed E-state index contributed by atoms with van der Waals surface area (Å²) < 4.78 is 13.3. The summed E-state index contributed by atoms with van der Waals surface area (Å²) in [6.07, 6.45) is 1.05. The molecule has 1 unspecified atom stereocenters. The van der Waals surface area contributed by atoms with Gasteiger partial charge in [0.25, 0.3) is 0 Å². The van der Waals surface area contributed by atoms with Gasteiger partial charge < -0.3 is 0 Å². The second-order valence-electron chi connectivity index (χ2n) is 5.83. The van der Waals surface area contributed by atoms with Crippen LogP contribution in [0, 0.1) is 12.7 Å². The van der Waals surface area contributed by atoms with Gasteiger partial charge in [0.05, 0.1) is 5.52 Å². The first-order chi connectivity index (χ1) is 10.6. The Hall–Kier alpha value is -2.22. The average molecular weight is 293 g/mol. The molecule has 0 bridgehead atoms. The Morgan fingerprint density at radius 1 is 1.05 bits per heavy atom. The van der Waals surface area contributed by atoms with Crippen LogP contribution in [-0.2, 0) is 0 Å². The lowest BCUT2D eigenvalue weighted by atomic mass is 9.90. The summed E-state index contributed by atoms with van der Waals surface area (Å²) in [6, 6.07) is 14.9. The van der Waals surface area contributed by atoms with Gasteiger partial charge in [-0.05, 0) is 54.2 Å². The minimum absolute atomic E-state index is 0.207. The van der Waals surface area contributed by atoms with E-state index in [0.29, 0.717) is 5.92 Å². The van der Waals surface area contributed by atoms with Crippen LogP contribution in [0.15, 0.2) is 48.5 Å². The number of rotatable bonds is 3. The fraction of sp³-hybridized carbons (Fsp3) is 0.250. The van der Waals surface area contributed by atoms with Crippen molar-refractivity contribution >= 4 is 10.9 Å². The molecule has 1 aromatic heterocycles. The zero-order valence-corrected chi connectivity index (χ0v) is 13.2. The van der Waals surface area contributed by atoms with E-state index >= 15 is 0 Å². The Balaban J connectivity index is 2.35. The van der Waals surface area contributed by atoms with Crippen LogP contribution in [0.2, 0.25) is 0 Å². The zero-order valence-electron chi connectivity index (χ0n) is 13.2. The van der Waals surface area contributed by atoms with Crippen molar-refractivity contribution in [1.29, 1.82) is 0 Å². The third-order valence-electron chi connectivity index (χ3n) is 4.39. The number of hydrogen-bond donors (Lipinski definition) is 0. The number of nitrogens with zero attached hydrogens (tertiary/aromatic N) is 1. The molecule has 0 aliphatic heterocycles. The summed E-state index contributed by atoms with van der Waals surface area (Å²) in [7, 11) is 0. The summed E-state index contributed by atoms with van der Waals surface area (Å²) in [4.78, 5) is 4.88. The van der Waals surface area contributed by atoms with E-state index in [1.807, 2.05) is 30.3 Å². The molecule has 0 radical (unpaired) electrons. The maximum absolute atomic E-state index is 13.3. The van der Waals surface area contributed by atoms with Crippen LogP contribution in [0.3, 0.4) is 0 Å². The summed E-state index contributed by atoms with van der Waals surface area (Å²) in [5.74, 6) is 0.200. The first kappa shape index (κ1) is 14.7. The molecular formula is C20H20FN. The predicted octanol–water partition coefficient (Wildman–Crippen LogP) is 5.86. The lowest BCUT2D eigenvalue weighted by Crippen LogP contribution is -2.02. The summed E-state index contributed by atoms with van der Waals surface area (Å²) in [5, 5.41) is 1.12. The van der Waals surface area contributed by atoms with Crippen molar-refractivity contribution < 1.29 is 4.39 Å². The van der Waals surface area contributed by atoms with Gasteiger partial charge >= 0.3 is 0 Å². The Morgan fingerprint density at radius 2 is 1.73 bits per heavy atom. The fourth-order valence-corrected chi connectivity index (χ4v) is 2.99. The minimum Gasteiger partial charge on any atom is -0.252 e. The highest BCUT2D eigenvalue weighted by molar-refractivity contribution is 5.96. The number of halogens is 1. The van der Waals surface area contributed by atoms with Gasteiger partial charge in [0.2, 0.25) is 0 Å². The van der Waals surface area contributed by atoms with Gasteiger partial charge in [-0.25, -0.2) is 4.39 Å². The molecule has 22 heavy (non-hydrogen) atoms. The lowest BCUT2D eigenvalue weighted by molar-refractivity contribution is 0.628. The van der Waals surface area contributed by atoms with Gasteiger partial charge in [-0.3, -0.25) is 4.98 Å². The first-order valence-corrected chi connectivity index (χ1v) is 7.77. The highest BCUT2D eigenvalue weighted by atomic mass is 19.1. The molecule has 1 nitrogen and oxygen atoms in total. The molecule has 2 heteroatoms. The normalized spacial score (nSPS) is 12.5. The fourth-order valence-electron chi connectivity index (χ4n) is 2.99. The SMILES string of the molecule is CCC(C)c1nc2ccccc2c(-c2ccc(F)cc2)c1C. The van der Waals surface area contributed by atoms with Crippen molar-refractivity contribution in [3.05, 3.63) is 65.6 Å². The van der Waals surface area contributed by atoms with E-state index in [0.717, 1.165) is 28.6 Å². The van der Waals surface area contributed by atoms with Crippen molar-refractivity contribution in [2.45, 2.75) is 33.1 Å². The van der Waals surface area contributed by atoms with Gasteiger partial charge in [0.1, 0.15) is 5.82 Å². The van der Waals surface area contributed by atoms with Crippen LogP contribution >= 0.6 is 0 Å². The number of aromatic nitrogens is 1. The molecule has 2 aromatic carbocycles. The topological polar surface area (TPSA) is 12.9 Å². The van der Waals surface area contributed by atoms with Crippen molar-refractivity contribution in [1.82, 2.24) is 4.98 Å².